The highest BCUT2D eigenvalue weighted by molar-refractivity contribution is 4.89. The highest BCUT2D eigenvalue weighted by Gasteiger charge is 2.38. The summed E-state index contributed by atoms with van der Waals surface area (Å²) in [6.45, 7) is 4.75. The zero-order valence-electron chi connectivity index (χ0n) is 9.97. The number of hydrogen-bond acceptors (Lipinski definition) is 0. The molecule has 4 unspecified atom stereocenters. The van der Waals surface area contributed by atoms with Crippen LogP contribution in [-0.4, -0.2) is 0 Å². The van der Waals surface area contributed by atoms with E-state index in [-0.39, 0.29) is 0 Å². The van der Waals surface area contributed by atoms with Crippen LogP contribution in [0.4, 0.5) is 0 Å². The van der Waals surface area contributed by atoms with Crippen molar-refractivity contribution in [3.8, 4) is 0 Å². The number of unbranched alkanes of at least 4 members (excludes halogenated alkanes) is 1. The van der Waals surface area contributed by atoms with Crippen LogP contribution < -0.4 is 0 Å². The van der Waals surface area contributed by atoms with Crippen LogP contribution in [0, 0.1) is 23.7 Å². The summed E-state index contributed by atoms with van der Waals surface area (Å²) >= 11 is 0. The molecule has 0 nitrogen and oxygen atoms in total. The highest BCUT2D eigenvalue weighted by Crippen LogP contribution is 2.49. The smallest absolute Gasteiger partial charge is 0.0380 e. The van der Waals surface area contributed by atoms with Gasteiger partial charge in [-0.25, -0.2) is 0 Å². The SMILES string of the molecule is CCCCC1CC1CC1CCC(C)C1. The van der Waals surface area contributed by atoms with Crippen LogP contribution >= 0.6 is 0 Å². The third kappa shape index (κ3) is 2.74. The molecule has 82 valence electrons. The predicted octanol–water partition coefficient (Wildman–Crippen LogP) is 4.64. The van der Waals surface area contributed by atoms with Crippen molar-refractivity contribution < 1.29 is 0 Å². The van der Waals surface area contributed by atoms with Crippen molar-refractivity contribution in [1.29, 1.82) is 0 Å². The zero-order valence-corrected chi connectivity index (χ0v) is 9.97. The Hall–Kier alpha value is 0. The van der Waals surface area contributed by atoms with Crippen LogP contribution in [0.2, 0.25) is 0 Å². The van der Waals surface area contributed by atoms with E-state index in [9.17, 15) is 0 Å². The molecule has 0 aromatic rings. The Morgan fingerprint density at radius 3 is 2.57 bits per heavy atom. The molecule has 0 heteroatoms. The van der Waals surface area contributed by atoms with Gasteiger partial charge in [-0.05, 0) is 42.9 Å². The Kier molecular flexibility index (Phi) is 3.52. The summed E-state index contributed by atoms with van der Waals surface area (Å²) in [4.78, 5) is 0. The topological polar surface area (TPSA) is 0 Å². The molecular formula is C14H26. The zero-order chi connectivity index (χ0) is 9.97. The molecule has 0 aromatic carbocycles. The maximum atomic E-state index is 2.43. The van der Waals surface area contributed by atoms with Gasteiger partial charge in [0.05, 0.1) is 0 Å². The van der Waals surface area contributed by atoms with Gasteiger partial charge in [0.1, 0.15) is 0 Å². The molecule has 0 radical (unpaired) electrons. The molecule has 0 heterocycles. The molecule has 0 saturated heterocycles. The summed E-state index contributed by atoms with van der Waals surface area (Å²) in [5.74, 6) is 4.44. The second-order valence-electron chi connectivity index (χ2n) is 5.92. The van der Waals surface area contributed by atoms with Gasteiger partial charge in [0.2, 0.25) is 0 Å². The predicted molar refractivity (Wildman–Crippen MR) is 62.2 cm³/mol. The van der Waals surface area contributed by atoms with E-state index >= 15 is 0 Å². The van der Waals surface area contributed by atoms with Crippen molar-refractivity contribution in [3.05, 3.63) is 0 Å². The maximum absolute atomic E-state index is 2.43. The molecule has 2 fully saturated rings. The normalized spacial score (nSPS) is 41.6. The summed E-state index contributed by atoms with van der Waals surface area (Å²) in [6.07, 6.45) is 12.1. The molecule has 0 amide bonds. The van der Waals surface area contributed by atoms with Gasteiger partial charge in [-0.15, -0.1) is 0 Å². The first-order valence-electron chi connectivity index (χ1n) is 6.79. The average Bonchev–Trinajstić information content (AvgIpc) is 2.77. The molecular weight excluding hydrogens is 168 g/mol. The molecule has 0 aliphatic heterocycles. The Balaban J connectivity index is 1.59. The van der Waals surface area contributed by atoms with Crippen molar-refractivity contribution in [2.75, 3.05) is 0 Å². The van der Waals surface area contributed by atoms with Gasteiger partial charge in [-0.2, -0.15) is 0 Å². The molecule has 4 atom stereocenters. The van der Waals surface area contributed by atoms with Crippen molar-refractivity contribution in [2.24, 2.45) is 23.7 Å². The largest absolute Gasteiger partial charge is 0.0654 e. The molecule has 0 bridgehead atoms. The Bertz CT molecular complexity index is 173. The fourth-order valence-corrected chi connectivity index (χ4v) is 3.39. The van der Waals surface area contributed by atoms with E-state index in [0.717, 1.165) is 23.7 Å². The van der Waals surface area contributed by atoms with Crippen LogP contribution in [0.3, 0.4) is 0 Å². The van der Waals surface area contributed by atoms with Gasteiger partial charge < -0.3 is 0 Å². The fraction of sp³-hybridized carbons (Fsp3) is 1.00. The van der Waals surface area contributed by atoms with Gasteiger partial charge in [-0.1, -0.05) is 46.0 Å². The highest BCUT2D eigenvalue weighted by atomic mass is 14.4. The van der Waals surface area contributed by atoms with Crippen LogP contribution in [0.15, 0.2) is 0 Å². The summed E-state index contributed by atoms with van der Waals surface area (Å²) in [6, 6.07) is 0. The Morgan fingerprint density at radius 1 is 1.07 bits per heavy atom. The van der Waals surface area contributed by atoms with Crippen LogP contribution in [0.25, 0.3) is 0 Å². The van der Waals surface area contributed by atoms with Crippen molar-refractivity contribution in [1.82, 2.24) is 0 Å². The summed E-state index contributed by atoms with van der Waals surface area (Å²) in [5, 5.41) is 0. The van der Waals surface area contributed by atoms with Crippen molar-refractivity contribution in [2.45, 2.75) is 65.2 Å². The first-order chi connectivity index (χ1) is 6.79. The van der Waals surface area contributed by atoms with Crippen molar-refractivity contribution in [3.63, 3.8) is 0 Å². The summed E-state index contributed by atoms with van der Waals surface area (Å²) in [5.41, 5.74) is 0. The van der Waals surface area contributed by atoms with E-state index in [0.29, 0.717) is 0 Å². The lowest BCUT2D eigenvalue weighted by atomic mass is 9.98. The Labute approximate surface area is 89.5 Å². The molecule has 2 rings (SSSR count). The first kappa shape index (κ1) is 10.5. The first-order valence-corrected chi connectivity index (χ1v) is 6.79. The van der Waals surface area contributed by atoms with Crippen LogP contribution in [0.5, 0.6) is 0 Å². The summed E-state index contributed by atoms with van der Waals surface area (Å²) in [7, 11) is 0. The van der Waals surface area contributed by atoms with Gasteiger partial charge in [-0.3, -0.25) is 0 Å². The third-order valence-corrected chi connectivity index (χ3v) is 4.44. The second-order valence-corrected chi connectivity index (χ2v) is 5.92. The lowest BCUT2D eigenvalue weighted by Crippen LogP contribution is -1.97. The van der Waals surface area contributed by atoms with Crippen LogP contribution in [0.1, 0.15) is 65.2 Å². The Morgan fingerprint density at radius 2 is 1.93 bits per heavy atom. The number of rotatable bonds is 5. The number of hydrogen-bond donors (Lipinski definition) is 0. The van der Waals surface area contributed by atoms with Crippen molar-refractivity contribution >= 4 is 0 Å². The quantitative estimate of drug-likeness (QED) is 0.598. The van der Waals surface area contributed by atoms with E-state index in [2.05, 4.69) is 13.8 Å². The second kappa shape index (κ2) is 4.68. The monoisotopic (exact) mass is 194 g/mol. The molecule has 2 saturated carbocycles. The van der Waals surface area contributed by atoms with E-state index in [1.165, 1.54) is 38.5 Å². The molecule has 0 spiro atoms. The summed E-state index contributed by atoms with van der Waals surface area (Å²) < 4.78 is 0. The van der Waals surface area contributed by atoms with Gasteiger partial charge in [0.15, 0.2) is 0 Å². The van der Waals surface area contributed by atoms with E-state index in [4.69, 9.17) is 0 Å². The maximum Gasteiger partial charge on any atom is -0.0380 e. The van der Waals surface area contributed by atoms with Gasteiger partial charge >= 0.3 is 0 Å². The standard InChI is InChI=1S/C14H26/c1-3-4-5-13-10-14(13)9-12-7-6-11(2)8-12/h11-14H,3-10H2,1-2H3. The minimum atomic E-state index is 1.04. The van der Waals surface area contributed by atoms with Gasteiger partial charge in [0, 0.05) is 0 Å². The molecule has 2 aliphatic carbocycles. The average molecular weight is 194 g/mol. The fourth-order valence-electron chi connectivity index (χ4n) is 3.39. The van der Waals surface area contributed by atoms with Crippen LogP contribution in [-0.2, 0) is 0 Å². The lowest BCUT2D eigenvalue weighted by molar-refractivity contribution is 0.431. The van der Waals surface area contributed by atoms with E-state index in [1.54, 1.807) is 12.8 Å². The lowest BCUT2D eigenvalue weighted by Gasteiger charge is -2.08. The molecule has 0 N–H and O–H groups in total. The van der Waals surface area contributed by atoms with E-state index in [1.807, 2.05) is 0 Å². The van der Waals surface area contributed by atoms with E-state index < -0.39 is 0 Å². The molecule has 0 aromatic heterocycles. The third-order valence-electron chi connectivity index (χ3n) is 4.44. The van der Waals surface area contributed by atoms with Gasteiger partial charge in [0.25, 0.3) is 0 Å². The molecule has 14 heavy (non-hydrogen) atoms. The minimum absolute atomic E-state index is 1.04. The molecule has 2 aliphatic rings. The minimum Gasteiger partial charge on any atom is -0.0654 e.